The van der Waals surface area contributed by atoms with Crippen molar-refractivity contribution in [2.45, 2.75) is 13.3 Å². The summed E-state index contributed by atoms with van der Waals surface area (Å²) in [7, 11) is 0. The molecule has 0 radical (unpaired) electrons. The second-order valence-corrected chi connectivity index (χ2v) is 4.72. The third-order valence-corrected chi connectivity index (χ3v) is 3.16. The van der Waals surface area contributed by atoms with Crippen LogP contribution in [0, 0.1) is 6.92 Å². The van der Waals surface area contributed by atoms with Crippen molar-refractivity contribution in [1.82, 2.24) is 15.1 Å². The van der Waals surface area contributed by atoms with Gasteiger partial charge in [-0.15, -0.1) is 0 Å². The zero-order valence-corrected chi connectivity index (χ0v) is 11.8. The summed E-state index contributed by atoms with van der Waals surface area (Å²) in [5.41, 5.74) is 3.07. The van der Waals surface area contributed by atoms with E-state index in [9.17, 15) is 0 Å². The molecule has 1 N–H and O–H groups in total. The molecule has 0 aliphatic carbocycles. The molecule has 0 fully saturated rings. The van der Waals surface area contributed by atoms with Crippen LogP contribution in [0.4, 0.5) is 5.69 Å². The van der Waals surface area contributed by atoms with Gasteiger partial charge in [-0.2, -0.15) is 4.98 Å². The van der Waals surface area contributed by atoms with Crippen LogP contribution < -0.4 is 5.32 Å². The van der Waals surface area contributed by atoms with Crippen LogP contribution in [0.15, 0.2) is 53.2 Å². The molecule has 0 atom stereocenters. The Kier molecular flexibility index (Phi) is 3.91. The number of hydrogen-bond donors (Lipinski definition) is 1. The molecule has 5 heteroatoms. The van der Waals surface area contributed by atoms with Crippen LogP contribution >= 0.6 is 0 Å². The highest BCUT2D eigenvalue weighted by Gasteiger charge is 2.08. The van der Waals surface area contributed by atoms with Crippen LogP contribution in [0.3, 0.4) is 0 Å². The summed E-state index contributed by atoms with van der Waals surface area (Å²) in [6, 6.07) is 13.8. The minimum Gasteiger partial charge on any atom is -0.384 e. The average molecular weight is 280 g/mol. The van der Waals surface area contributed by atoms with Gasteiger partial charge in [0, 0.05) is 24.8 Å². The largest absolute Gasteiger partial charge is 0.384 e. The Morgan fingerprint density at radius 2 is 1.95 bits per heavy atom. The van der Waals surface area contributed by atoms with Crippen molar-refractivity contribution in [1.29, 1.82) is 0 Å². The molecule has 0 unspecified atom stereocenters. The van der Waals surface area contributed by atoms with E-state index in [-0.39, 0.29) is 0 Å². The Bertz CT molecular complexity index is 709. The number of anilines is 1. The zero-order chi connectivity index (χ0) is 14.5. The second kappa shape index (κ2) is 6.17. The third-order valence-electron chi connectivity index (χ3n) is 3.16. The van der Waals surface area contributed by atoms with E-state index >= 15 is 0 Å². The monoisotopic (exact) mass is 280 g/mol. The lowest BCUT2D eigenvalue weighted by molar-refractivity contribution is 0.381. The SMILES string of the molecule is Cc1ccccc1NCCc1nc(-c2ccccn2)no1. The van der Waals surface area contributed by atoms with Crippen LogP contribution in [-0.2, 0) is 6.42 Å². The van der Waals surface area contributed by atoms with E-state index in [0.29, 0.717) is 18.1 Å². The highest BCUT2D eigenvalue weighted by molar-refractivity contribution is 5.50. The van der Waals surface area contributed by atoms with Gasteiger partial charge in [-0.25, -0.2) is 0 Å². The lowest BCUT2D eigenvalue weighted by atomic mass is 10.2. The second-order valence-electron chi connectivity index (χ2n) is 4.72. The van der Waals surface area contributed by atoms with Crippen LogP contribution in [0.1, 0.15) is 11.5 Å². The standard InChI is InChI=1S/C16H16N4O/c1-12-6-2-3-7-13(12)18-11-9-15-19-16(20-21-15)14-8-4-5-10-17-14/h2-8,10,18H,9,11H2,1H3. The molecule has 3 rings (SSSR count). The quantitative estimate of drug-likeness (QED) is 0.778. The van der Waals surface area contributed by atoms with Crippen LogP contribution in [0.5, 0.6) is 0 Å². The molecule has 2 aromatic heterocycles. The van der Waals surface area contributed by atoms with Gasteiger partial charge >= 0.3 is 0 Å². The minimum absolute atomic E-state index is 0.529. The van der Waals surface area contributed by atoms with Crippen LogP contribution in [0.25, 0.3) is 11.5 Å². The normalized spacial score (nSPS) is 10.5. The highest BCUT2D eigenvalue weighted by atomic mass is 16.5. The molecule has 0 spiro atoms. The minimum atomic E-state index is 0.529. The van der Waals surface area contributed by atoms with Crippen LogP contribution in [-0.4, -0.2) is 21.7 Å². The van der Waals surface area contributed by atoms with Crippen molar-refractivity contribution in [2.75, 3.05) is 11.9 Å². The Labute approximate surface area is 123 Å². The number of rotatable bonds is 5. The zero-order valence-electron chi connectivity index (χ0n) is 11.8. The smallest absolute Gasteiger partial charge is 0.228 e. The number of para-hydroxylation sites is 1. The fourth-order valence-corrected chi connectivity index (χ4v) is 2.03. The molecule has 2 heterocycles. The first-order valence-corrected chi connectivity index (χ1v) is 6.86. The van der Waals surface area contributed by atoms with E-state index in [2.05, 4.69) is 39.5 Å². The fraction of sp³-hybridized carbons (Fsp3) is 0.188. The molecule has 0 saturated carbocycles. The van der Waals surface area contributed by atoms with Gasteiger partial charge in [-0.1, -0.05) is 29.4 Å². The molecule has 5 nitrogen and oxygen atoms in total. The van der Waals surface area contributed by atoms with Crippen molar-refractivity contribution in [3.8, 4) is 11.5 Å². The molecular formula is C16H16N4O. The van der Waals surface area contributed by atoms with Crippen molar-refractivity contribution in [2.24, 2.45) is 0 Å². The van der Waals surface area contributed by atoms with E-state index in [1.165, 1.54) is 5.56 Å². The Morgan fingerprint density at radius 3 is 2.76 bits per heavy atom. The number of aromatic nitrogens is 3. The number of hydrogen-bond acceptors (Lipinski definition) is 5. The number of benzene rings is 1. The summed E-state index contributed by atoms with van der Waals surface area (Å²) in [6.45, 7) is 2.82. The first-order chi connectivity index (χ1) is 10.3. The van der Waals surface area contributed by atoms with Gasteiger partial charge in [-0.3, -0.25) is 4.98 Å². The van der Waals surface area contributed by atoms with Crippen molar-refractivity contribution in [3.05, 3.63) is 60.1 Å². The Hall–Kier alpha value is -2.69. The van der Waals surface area contributed by atoms with Crippen molar-refractivity contribution >= 4 is 5.69 Å². The average Bonchev–Trinajstić information content (AvgIpc) is 2.99. The lowest BCUT2D eigenvalue weighted by Crippen LogP contribution is -2.06. The fourth-order valence-electron chi connectivity index (χ4n) is 2.03. The van der Waals surface area contributed by atoms with Crippen molar-refractivity contribution in [3.63, 3.8) is 0 Å². The van der Waals surface area contributed by atoms with E-state index in [0.717, 1.165) is 17.9 Å². The number of nitrogens with zero attached hydrogens (tertiary/aromatic N) is 3. The predicted molar refractivity (Wildman–Crippen MR) is 80.9 cm³/mol. The molecule has 21 heavy (non-hydrogen) atoms. The summed E-state index contributed by atoms with van der Waals surface area (Å²) in [4.78, 5) is 8.55. The van der Waals surface area contributed by atoms with Gasteiger partial charge in [0.1, 0.15) is 5.69 Å². The molecule has 0 amide bonds. The first-order valence-electron chi connectivity index (χ1n) is 6.86. The van der Waals surface area contributed by atoms with Crippen LogP contribution in [0.2, 0.25) is 0 Å². The van der Waals surface area contributed by atoms with Gasteiger partial charge < -0.3 is 9.84 Å². The van der Waals surface area contributed by atoms with Gasteiger partial charge in [0.25, 0.3) is 0 Å². The summed E-state index contributed by atoms with van der Waals surface area (Å²) >= 11 is 0. The Morgan fingerprint density at radius 1 is 1.10 bits per heavy atom. The number of pyridine rings is 1. The Balaban J connectivity index is 1.60. The molecule has 0 saturated heterocycles. The van der Waals surface area contributed by atoms with Gasteiger partial charge in [0.05, 0.1) is 0 Å². The molecule has 1 aromatic carbocycles. The molecule has 0 aliphatic heterocycles. The summed E-state index contributed by atoms with van der Waals surface area (Å²) in [5.74, 6) is 1.14. The summed E-state index contributed by atoms with van der Waals surface area (Å²) < 4.78 is 5.25. The van der Waals surface area contributed by atoms with E-state index < -0.39 is 0 Å². The van der Waals surface area contributed by atoms with E-state index in [4.69, 9.17) is 4.52 Å². The predicted octanol–water partition coefficient (Wildman–Crippen LogP) is 3.09. The molecular weight excluding hydrogens is 264 g/mol. The lowest BCUT2D eigenvalue weighted by Gasteiger charge is -2.07. The van der Waals surface area contributed by atoms with Gasteiger partial charge in [0.15, 0.2) is 0 Å². The third kappa shape index (κ3) is 3.25. The molecule has 0 aliphatic rings. The molecule has 0 bridgehead atoms. The summed E-state index contributed by atoms with van der Waals surface area (Å²) in [6.07, 6.45) is 2.39. The van der Waals surface area contributed by atoms with E-state index in [1.807, 2.05) is 30.3 Å². The molecule has 3 aromatic rings. The van der Waals surface area contributed by atoms with Crippen molar-refractivity contribution < 1.29 is 4.52 Å². The van der Waals surface area contributed by atoms with Gasteiger partial charge in [0.2, 0.25) is 11.7 Å². The summed E-state index contributed by atoms with van der Waals surface area (Å²) in [5, 5.41) is 7.32. The maximum absolute atomic E-state index is 5.25. The number of nitrogens with one attached hydrogen (secondary N) is 1. The highest BCUT2D eigenvalue weighted by Crippen LogP contribution is 2.14. The maximum atomic E-state index is 5.25. The first kappa shape index (κ1) is 13.3. The molecule has 106 valence electrons. The van der Waals surface area contributed by atoms with Gasteiger partial charge in [-0.05, 0) is 30.7 Å². The topological polar surface area (TPSA) is 63.8 Å². The van der Waals surface area contributed by atoms with E-state index in [1.54, 1.807) is 6.20 Å². The number of aryl methyl sites for hydroxylation is 1. The maximum Gasteiger partial charge on any atom is 0.228 e.